The first kappa shape index (κ1) is 21.0. The molecule has 1 aliphatic rings. The molecule has 0 unspecified atom stereocenters. The molecular weight excluding hydrogens is 382 g/mol. The first-order valence-corrected chi connectivity index (χ1v) is 10.9. The molecule has 0 bridgehead atoms. The topological polar surface area (TPSA) is 35.6 Å². The number of amides is 1. The van der Waals surface area contributed by atoms with E-state index in [1.807, 2.05) is 48.5 Å². The van der Waals surface area contributed by atoms with Gasteiger partial charge in [0.1, 0.15) is 0 Å². The molecule has 0 aromatic heterocycles. The van der Waals surface area contributed by atoms with Crippen LogP contribution < -0.4 is 15.1 Å². The van der Waals surface area contributed by atoms with Gasteiger partial charge in [-0.2, -0.15) is 0 Å². The summed E-state index contributed by atoms with van der Waals surface area (Å²) >= 11 is 0. The van der Waals surface area contributed by atoms with E-state index in [1.165, 1.54) is 11.3 Å². The molecular formula is C27H30N3O. The molecule has 0 atom stereocenters. The Morgan fingerprint density at radius 2 is 1.48 bits per heavy atom. The summed E-state index contributed by atoms with van der Waals surface area (Å²) in [5, 5.41) is 3.01. The Bertz CT molecular complexity index is 997. The van der Waals surface area contributed by atoms with Crippen molar-refractivity contribution >= 4 is 23.0 Å². The number of nitrogens with zero attached hydrogens (tertiary/aromatic N) is 2. The first-order chi connectivity index (χ1) is 14.9. The normalized spacial score (nSPS) is 14.4. The molecule has 0 spiro atoms. The van der Waals surface area contributed by atoms with Gasteiger partial charge in [-0.25, -0.2) is 0 Å². The van der Waals surface area contributed by atoms with Crippen LogP contribution in [-0.2, 0) is 5.41 Å². The monoisotopic (exact) mass is 412 g/mol. The van der Waals surface area contributed by atoms with Crippen LogP contribution in [0.2, 0.25) is 0 Å². The third kappa shape index (κ3) is 5.08. The number of hydrogen-bond donors (Lipinski definition) is 1. The maximum atomic E-state index is 12.6. The van der Waals surface area contributed by atoms with Crippen molar-refractivity contribution in [3.8, 4) is 0 Å². The quantitative estimate of drug-likeness (QED) is 0.626. The van der Waals surface area contributed by atoms with E-state index in [1.54, 1.807) is 0 Å². The average Bonchev–Trinajstić information content (AvgIpc) is 2.80. The highest BCUT2D eigenvalue weighted by atomic mass is 16.1. The van der Waals surface area contributed by atoms with Crippen molar-refractivity contribution in [1.29, 1.82) is 0 Å². The zero-order valence-corrected chi connectivity index (χ0v) is 18.6. The van der Waals surface area contributed by atoms with Crippen LogP contribution in [-0.4, -0.2) is 32.1 Å². The third-order valence-corrected chi connectivity index (χ3v) is 5.82. The van der Waals surface area contributed by atoms with Gasteiger partial charge in [0, 0.05) is 54.9 Å². The van der Waals surface area contributed by atoms with Crippen molar-refractivity contribution < 1.29 is 4.79 Å². The van der Waals surface area contributed by atoms with E-state index >= 15 is 0 Å². The molecule has 1 N–H and O–H groups in total. The summed E-state index contributed by atoms with van der Waals surface area (Å²) in [5.74, 6) is -0.0825. The Morgan fingerprint density at radius 3 is 2.06 bits per heavy atom. The molecule has 1 fully saturated rings. The number of hydrogen-bond acceptors (Lipinski definition) is 3. The maximum Gasteiger partial charge on any atom is 0.255 e. The zero-order valence-electron chi connectivity index (χ0n) is 18.6. The van der Waals surface area contributed by atoms with Gasteiger partial charge in [0.05, 0.1) is 0 Å². The van der Waals surface area contributed by atoms with Gasteiger partial charge in [-0.1, -0.05) is 51.1 Å². The number of carbonyl (C=O) groups excluding carboxylic acids is 1. The summed E-state index contributed by atoms with van der Waals surface area (Å²) in [4.78, 5) is 17.4. The number of benzene rings is 3. The second-order valence-corrected chi connectivity index (χ2v) is 9.05. The van der Waals surface area contributed by atoms with Crippen molar-refractivity contribution in [3.63, 3.8) is 0 Å². The molecule has 3 aromatic rings. The van der Waals surface area contributed by atoms with Gasteiger partial charge < -0.3 is 15.1 Å². The summed E-state index contributed by atoms with van der Waals surface area (Å²) in [6, 6.07) is 27.4. The number of nitrogens with one attached hydrogen (secondary N) is 1. The molecule has 4 rings (SSSR count). The van der Waals surface area contributed by atoms with Crippen molar-refractivity contribution in [2.75, 3.05) is 41.3 Å². The number of carbonyl (C=O) groups is 1. The van der Waals surface area contributed by atoms with Crippen LogP contribution in [0.4, 0.5) is 17.1 Å². The van der Waals surface area contributed by atoms with E-state index in [-0.39, 0.29) is 11.3 Å². The Balaban J connectivity index is 1.34. The van der Waals surface area contributed by atoms with Crippen molar-refractivity contribution in [1.82, 2.24) is 0 Å². The van der Waals surface area contributed by atoms with Gasteiger partial charge in [0.25, 0.3) is 5.91 Å². The van der Waals surface area contributed by atoms with E-state index < -0.39 is 0 Å². The van der Waals surface area contributed by atoms with Crippen LogP contribution >= 0.6 is 0 Å². The van der Waals surface area contributed by atoms with Gasteiger partial charge in [0.2, 0.25) is 0 Å². The van der Waals surface area contributed by atoms with E-state index in [0.29, 0.717) is 5.56 Å². The summed E-state index contributed by atoms with van der Waals surface area (Å²) in [7, 11) is 0. The van der Waals surface area contributed by atoms with Crippen molar-refractivity contribution in [2.45, 2.75) is 26.2 Å². The Hall–Kier alpha value is -3.27. The second-order valence-electron chi connectivity index (χ2n) is 9.05. The maximum absolute atomic E-state index is 12.6. The highest BCUT2D eigenvalue weighted by Crippen LogP contribution is 2.24. The average molecular weight is 413 g/mol. The van der Waals surface area contributed by atoms with Gasteiger partial charge in [0.15, 0.2) is 0 Å². The number of piperazine rings is 1. The summed E-state index contributed by atoms with van der Waals surface area (Å²) in [6.45, 7) is 10.4. The summed E-state index contributed by atoms with van der Waals surface area (Å²) < 4.78 is 0. The molecule has 1 radical (unpaired) electrons. The highest BCUT2D eigenvalue weighted by Gasteiger charge is 2.18. The van der Waals surface area contributed by atoms with E-state index in [4.69, 9.17) is 0 Å². The van der Waals surface area contributed by atoms with Crippen molar-refractivity contribution in [2.24, 2.45) is 0 Å². The smallest absolute Gasteiger partial charge is 0.255 e. The molecule has 1 saturated heterocycles. The predicted octanol–water partition coefficient (Wildman–Crippen LogP) is 5.36. The number of para-hydroxylation sites is 1. The van der Waals surface area contributed by atoms with Crippen LogP contribution in [0.15, 0.2) is 72.8 Å². The molecule has 0 aliphatic carbocycles. The van der Waals surface area contributed by atoms with Gasteiger partial charge in [-0.05, 0) is 53.4 Å². The van der Waals surface area contributed by atoms with Crippen LogP contribution in [0.1, 0.15) is 36.7 Å². The fourth-order valence-electron chi connectivity index (χ4n) is 3.87. The lowest BCUT2D eigenvalue weighted by Crippen LogP contribution is -2.46. The number of anilines is 3. The van der Waals surface area contributed by atoms with Crippen LogP contribution in [0, 0.1) is 6.07 Å². The molecule has 4 nitrogen and oxygen atoms in total. The lowest BCUT2D eigenvalue weighted by atomic mass is 9.87. The fourth-order valence-corrected chi connectivity index (χ4v) is 3.87. The first-order valence-electron chi connectivity index (χ1n) is 10.9. The lowest BCUT2D eigenvalue weighted by Gasteiger charge is -2.37. The lowest BCUT2D eigenvalue weighted by molar-refractivity contribution is 0.102. The molecule has 3 aromatic carbocycles. The standard InChI is InChI=1S/C27H30N3O/c1-27(2,3)22-11-9-21(10-12-22)26(31)28-23-13-15-25(16-14-23)30-19-17-29(18-20-30)24-7-5-4-6-8-24/h4-7,9-16H,17-20H2,1-3H3,(H,28,31). The molecule has 1 amide bonds. The zero-order chi connectivity index (χ0) is 21.8. The van der Waals surface area contributed by atoms with Gasteiger partial charge >= 0.3 is 0 Å². The van der Waals surface area contributed by atoms with Crippen LogP contribution in [0.3, 0.4) is 0 Å². The minimum atomic E-state index is -0.0825. The number of rotatable bonds is 4. The predicted molar refractivity (Wildman–Crippen MR) is 129 cm³/mol. The van der Waals surface area contributed by atoms with Crippen molar-refractivity contribution in [3.05, 3.63) is 90.0 Å². The fraction of sp³-hybridized carbons (Fsp3) is 0.296. The molecule has 1 aliphatic heterocycles. The third-order valence-electron chi connectivity index (χ3n) is 5.82. The molecule has 1 heterocycles. The van der Waals surface area contributed by atoms with E-state index in [0.717, 1.165) is 37.6 Å². The Kier molecular flexibility index (Phi) is 5.99. The van der Waals surface area contributed by atoms with Crippen LogP contribution in [0.25, 0.3) is 0 Å². The highest BCUT2D eigenvalue weighted by molar-refractivity contribution is 6.04. The minimum absolute atomic E-state index is 0.0790. The molecule has 4 heteroatoms. The largest absolute Gasteiger partial charge is 0.368 e. The molecule has 31 heavy (non-hydrogen) atoms. The summed E-state index contributed by atoms with van der Waals surface area (Å²) in [5.41, 5.74) is 5.13. The SMILES string of the molecule is CC(C)(C)c1ccc(C(=O)Nc2ccc(N3CCN(c4[c]cccc4)CC3)cc2)cc1. The van der Waals surface area contributed by atoms with Gasteiger partial charge in [-0.15, -0.1) is 0 Å². The Labute approximate surface area is 185 Å². The Morgan fingerprint density at radius 1 is 0.839 bits per heavy atom. The van der Waals surface area contributed by atoms with Gasteiger partial charge in [-0.3, -0.25) is 4.79 Å². The molecule has 0 saturated carbocycles. The van der Waals surface area contributed by atoms with Crippen LogP contribution in [0.5, 0.6) is 0 Å². The summed E-state index contributed by atoms with van der Waals surface area (Å²) in [6.07, 6.45) is 0. The minimum Gasteiger partial charge on any atom is -0.368 e. The van der Waals surface area contributed by atoms with E-state index in [2.05, 4.69) is 66.2 Å². The second kappa shape index (κ2) is 8.84. The van der Waals surface area contributed by atoms with E-state index in [9.17, 15) is 4.79 Å². The molecule has 159 valence electrons.